The third kappa shape index (κ3) is 2.70. The summed E-state index contributed by atoms with van der Waals surface area (Å²) in [6, 6.07) is 4.25. The SMILES string of the molecule is CCCNc1nc(C)c(C)nc1-c1ccc(C)s1. The number of hydrogen-bond donors (Lipinski definition) is 1. The molecule has 0 fully saturated rings. The average molecular weight is 261 g/mol. The summed E-state index contributed by atoms with van der Waals surface area (Å²) in [5.74, 6) is 0.904. The Morgan fingerprint density at radius 2 is 1.83 bits per heavy atom. The first-order chi connectivity index (χ1) is 8.61. The van der Waals surface area contributed by atoms with Crippen LogP contribution < -0.4 is 5.32 Å². The lowest BCUT2D eigenvalue weighted by Gasteiger charge is -2.11. The fraction of sp³-hybridized carbons (Fsp3) is 0.429. The van der Waals surface area contributed by atoms with Gasteiger partial charge in [0.15, 0.2) is 5.82 Å². The molecule has 0 saturated carbocycles. The Balaban J connectivity index is 2.46. The molecule has 0 aliphatic rings. The van der Waals surface area contributed by atoms with Crippen molar-refractivity contribution in [3.8, 4) is 10.6 Å². The predicted octanol–water partition coefficient (Wildman–Crippen LogP) is 3.95. The van der Waals surface area contributed by atoms with E-state index in [9.17, 15) is 0 Å². The second-order valence-corrected chi connectivity index (χ2v) is 5.72. The van der Waals surface area contributed by atoms with Crippen LogP contribution in [0.25, 0.3) is 10.6 Å². The Kier molecular flexibility index (Phi) is 3.97. The molecular formula is C14H19N3S. The van der Waals surface area contributed by atoms with Crippen LogP contribution in [0.15, 0.2) is 12.1 Å². The molecule has 2 aromatic rings. The lowest BCUT2D eigenvalue weighted by Crippen LogP contribution is -2.07. The monoisotopic (exact) mass is 261 g/mol. The number of aromatic nitrogens is 2. The number of thiophene rings is 1. The standard InChI is InChI=1S/C14H19N3S/c1-5-8-15-14-13(12-7-6-9(2)18-12)16-10(3)11(4)17-14/h6-7H,5,8H2,1-4H3,(H,15,17). The molecule has 96 valence electrons. The molecule has 2 heterocycles. The maximum absolute atomic E-state index is 4.69. The number of hydrogen-bond acceptors (Lipinski definition) is 4. The Bertz CT molecular complexity index is 546. The largest absolute Gasteiger partial charge is 0.368 e. The van der Waals surface area contributed by atoms with Gasteiger partial charge in [0.25, 0.3) is 0 Å². The van der Waals surface area contributed by atoms with Crippen LogP contribution in [0.3, 0.4) is 0 Å². The van der Waals surface area contributed by atoms with Gasteiger partial charge in [-0.25, -0.2) is 9.97 Å². The lowest BCUT2D eigenvalue weighted by molar-refractivity contribution is 0.954. The summed E-state index contributed by atoms with van der Waals surface area (Å²) in [7, 11) is 0. The minimum absolute atomic E-state index is 0.904. The zero-order valence-electron chi connectivity index (χ0n) is 11.4. The van der Waals surface area contributed by atoms with Crippen molar-refractivity contribution in [3.63, 3.8) is 0 Å². The number of anilines is 1. The summed E-state index contributed by atoms with van der Waals surface area (Å²) in [4.78, 5) is 11.8. The fourth-order valence-corrected chi connectivity index (χ4v) is 2.56. The smallest absolute Gasteiger partial charge is 0.153 e. The molecular weight excluding hydrogens is 242 g/mol. The number of aryl methyl sites for hydroxylation is 3. The Labute approximate surface area is 112 Å². The minimum Gasteiger partial charge on any atom is -0.368 e. The predicted molar refractivity (Wildman–Crippen MR) is 78.3 cm³/mol. The molecule has 4 heteroatoms. The van der Waals surface area contributed by atoms with E-state index in [1.807, 2.05) is 13.8 Å². The first kappa shape index (κ1) is 13.0. The molecule has 0 aromatic carbocycles. The lowest BCUT2D eigenvalue weighted by atomic mass is 10.2. The normalized spacial score (nSPS) is 10.7. The van der Waals surface area contributed by atoms with E-state index in [1.165, 1.54) is 9.75 Å². The molecule has 0 saturated heterocycles. The summed E-state index contributed by atoms with van der Waals surface area (Å²) in [6.45, 7) is 9.20. The van der Waals surface area contributed by atoms with Gasteiger partial charge < -0.3 is 5.32 Å². The molecule has 0 bridgehead atoms. The first-order valence-electron chi connectivity index (χ1n) is 6.27. The van der Waals surface area contributed by atoms with Gasteiger partial charge in [-0.2, -0.15) is 0 Å². The number of rotatable bonds is 4. The van der Waals surface area contributed by atoms with Crippen LogP contribution in [0.2, 0.25) is 0 Å². The van der Waals surface area contributed by atoms with Crippen molar-refractivity contribution >= 4 is 17.2 Å². The molecule has 1 N–H and O–H groups in total. The van der Waals surface area contributed by atoms with Crippen LogP contribution in [0.1, 0.15) is 29.6 Å². The van der Waals surface area contributed by atoms with Gasteiger partial charge in [0.1, 0.15) is 5.69 Å². The van der Waals surface area contributed by atoms with Crippen molar-refractivity contribution in [3.05, 3.63) is 28.4 Å². The van der Waals surface area contributed by atoms with Crippen molar-refractivity contribution in [1.82, 2.24) is 9.97 Å². The zero-order valence-corrected chi connectivity index (χ0v) is 12.2. The van der Waals surface area contributed by atoms with Gasteiger partial charge in [0.05, 0.1) is 16.3 Å². The summed E-state index contributed by atoms with van der Waals surface area (Å²) >= 11 is 1.76. The van der Waals surface area contributed by atoms with Gasteiger partial charge >= 0.3 is 0 Å². The van der Waals surface area contributed by atoms with Crippen molar-refractivity contribution < 1.29 is 0 Å². The molecule has 0 aliphatic heterocycles. The van der Waals surface area contributed by atoms with Crippen molar-refractivity contribution in [2.45, 2.75) is 34.1 Å². The third-order valence-electron chi connectivity index (χ3n) is 2.82. The Hall–Kier alpha value is -1.42. The Morgan fingerprint density at radius 1 is 1.11 bits per heavy atom. The van der Waals surface area contributed by atoms with Crippen molar-refractivity contribution in [2.24, 2.45) is 0 Å². The van der Waals surface area contributed by atoms with Crippen molar-refractivity contribution in [2.75, 3.05) is 11.9 Å². The molecule has 2 rings (SSSR count). The molecule has 3 nitrogen and oxygen atoms in total. The molecule has 0 radical (unpaired) electrons. The van der Waals surface area contributed by atoms with E-state index >= 15 is 0 Å². The van der Waals surface area contributed by atoms with Gasteiger partial charge in [-0.3, -0.25) is 0 Å². The van der Waals surface area contributed by atoms with E-state index in [0.29, 0.717) is 0 Å². The molecule has 0 spiro atoms. The highest BCUT2D eigenvalue weighted by molar-refractivity contribution is 7.15. The molecule has 18 heavy (non-hydrogen) atoms. The van der Waals surface area contributed by atoms with E-state index in [2.05, 4.69) is 36.3 Å². The summed E-state index contributed by atoms with van der Waals surface area (Å²) < 4.78 is 0. The van der Waals surface area contributed by atoms with Gasteiger partial charge in [0, 0.05) is 11.4 Å². The van der Waals surface area contributed by atoms with Gasteiger partial charge in [0.2, 0.25) is 0 Å². The topological polar surface area (TPSA) is 37.8 Å². The first-order valence-corrected chi connectivity index (χ1v) is 7.09. The molecule has 0 unspecified atom stereocenters. The highest BCUT2D eigenvalue weighted by Crippen LogP contribution is 2.31. The molecule has 2 aromatic heterocycles. The van der Waals surface area contributed by atoms with Crippen LogP contribution >= 0.6 is 11.3 Å². The highest BCUT2D eigenvalue weighted by Gasteiger charge is 2.12. The van der Waals surface area contributed by atoms with Crippen LogP contribution in [-0.4, -0.2) is 16.5 Å². The summed E-state index contributed by atoms with van der Waals surface area (Å²) in [5.41, 5.74) is 2.97. The van der Waals surface area contributed by atoms with Crippen LogP contribution in [0, 0.1) is 20.8 Å². The molecule has 0 atom stereocenters. The van der Waals surface area contributed by atoms with E-state index in [0.717, 1.165) is 35.9 Å². The molecule has 0 aliphatic carbocycles. The second-order valence-electron chi connectivity index (χ2n) is 4.43. The van der Waals surface area contributed by atoms with Gasteiger partial charge in [-0.15, -0.1) is 11.3 Å². The maximum atomic E-state index is 4.69. The van der Waals surface area contributed by atoms with Gasteiger partial charge in [-0.05, 0) is 39.3 Å². The highest BCUT2D eigenvalue weighted by atomic mass is 32.1. The average Bonchev–Trinajstić information content (AvgIpc) is 2.77. The molecule has 0 amide bonds. The number of nitrogens with zero attached hydrogens (tertiary/aromatic N) is 2. The minimum atomic E-state index is 0.904. The Morgan fingerprint density at radius 3 is 2.44 bits per heavy atom. The number of nitrogens with one attached hydrogen (secondary N) is 1. The summed E-state index contributed by atoms with van der Waals surface area (Å²) in [6.07, 6.45) is 1.08. The quantitative estimate of drug-likeness (QED) is 0.905. The van der Waals surface area contributed by atoms with Crippen molar-refractivity contribution in [1.29, 1.82) is 0 Å². The van der Waals surface area contributed by atoms with E-state index in [4.69, 9.17) is 4.98 Å². The van der Waals surface area contributed by atoms with Crippen LogP contribution in [0.5, 0.6) is 0 Å². The maximum Gasteiger partial charge on any atom is 0.153 e. The second kappa shape index (κ2) is 5.48. The van der Waals surface area contributed by atoms with Crippen LogP contribution in [-0.2, 0) is 0 Å². The zero-order chi connectivity index (χ0) is 13.1. The van der Waals surface area contributed by atoms with E-state index in [-0.39, 0.29) is 0 Å². The third-order valence-corrected chi connectivity index (χ3v) is 3.83. The fourth-order valence-electron chi connectivity index (χ4n) is 1.70. The summed E-state index contributed by atoms with van der Waals surface area (Å²) in [5, 5.41) is 3.37. The van der Waals surface area contributed by atoms with E-state index < -0.39 is 0 Å². The van der Waals surface area contributed by atoms with Crippen LogP contribution in [0.4, 0.5) is 5.82 Å². The van der Waals surface area contributed by atoms with Gasteiger partial charge in [-0.1, -0.05) is 6.92 Å². The van der Waals surface area contributed by atoms with E-state index in [1.54, 1.807) is 11.3 Å².